The molecule has 2 nitrogen and oxygen atoms in total. The molecule has 1 saturated heterocycles. The van der Waals surface area contributed by atoms with Gasteiger partial charge in [0.15, 0.2) is 0 Å². The molecule has 0 radical (unpaired) electrons. The smallest absolute Gasteiger partial charge is 0.0594 e. The minimum atomic E-state index is 0.329. The zero-order chi connectivity index (χ0) is 11.5. The lowest BCUT2D eigenvalue weighted by Crippen LogP contribution is -2.31. The fourth-order valence-corrected chi connectivity index (χ4v) is 3.72. The lowest BCUT2D eigenvalue weighted by molar-refractivity contribution is 0.251. The predicted octanol–water partition coefficient (Wildman–Crippen LogP) is 2.79. The number of aryl methyl sites for hydroxylation is 1. The van der Waals surface area contributed by atoms with Gasteiger partial charge in [-0.1, -0.05) is 13.8 Å². The van der Waals surface area contributed by atoms with Crippen molar-refractivity contribution in [1.82, 2.24) is 4.90 Å². The minimum absolute atomic E-state index is 0.329. The van der Waals surface area contributed by atoms with Gasteiger partial charge in [-0.2, -0.15) is 0 Å². The first kappa shape index (κ1) is 12.1. The lowest BCUT2D eigenvalue weighted by atomic mass is 10.1. The molecule has 2 N–H and O–H groups in total. The summed E-state index contributed by atoms with van der Waals surface area (Å²) >= 11 is 1.94. The van der Waals surface area contributed by atoms with Gasteiger partial charge < -0.3 is 5.73 Å². The third kappa shape index (κ3) is 2.31. The van der Waals surface area contributed by atoms with Crippen LogP contribution in [0.4, 0.5) is 0 Å². The molecule has 0 aromatic carbocycles. The van der Waals surface area contributed by atoms with Crippen LogP contribution in [0.5, 0.6) is 0 Å². The molecule has 1 aliphatic rings. The molecule has 2 unspecified atom stereocenters. The van der Waals surface area contributed by atoms with Gasteiger partial charge in [0.2, 0.25) is 0 Å². The van der Waals surface area contributed by atoms with Crippen molar-refractivity contribution >= 4 is 11.3 Å². The summed E-state index contributed by atoms with van der Waals surface area (Å²) in [5.41, 5.74) is 6.25. The van der Waals surface area contributed by atoms with Crippen LogP contribution in [-0.2, 0) is 6.42 Å². The van der Waals surface area contributed by atoms with E-state index in [1.165, 1.54) is 29.3 Å². The monoisotopic (exact) mass is 238 g/mol. The molecule has 90 valence electrons. The highest BCUT2D eigenvalue weighted by Crippen LogP contribution is 2.35. The molecule has 1 aromatic heterocycles. The summed E-state index contributed by atoms with van der Waals surface area (Å²) in [6.45, 7) is 6.80. The minimum Gasteiger partial charge on any atom is -0.326 e. The van der Waals surface area contributed by atoms with Crippen molar-refractivity contribution in [2.75, 3.05) is 13.1 Å². The molecule has 1 aliphatic heterocycles. The average Bonchev–Trinajstić information content (AvgIpc) is 2.86. The first-order chi connectivity index (χ1) is 7.76. The van der Waals surface area contributed by atoms with Crippen LogP contribution >= 0.6 is 11.3 Å². The Morgan fingerprint density at radius 3 is 2.88 bits per heavy atom. The Bertz CT molecular complexity index is 332. The highest BCUT2D eigenvalue weighted by atomic mass is 32.1. The average molecular weight is 238 g/mol. The van der Waals surface area contributed by atoms with E-state index >= 15 is 0 Å². The molecule has 3 heteroatoms. The third-order valence-electron chi connectivity index (χ3n) is 3.38. The Kier molecular flexibility index (Phi) is 4.00. The molecule has 0 spiro atoms. The van der Waals surface area contributed by atoms with E-state index in [2.05, 4.69) is 30.9 Å². The van der Waals surface area contributed by atoms with E-state index in [-0.39, 0.29) is 0 Å². The first-order valence-corrected chi connectivity index (χ1v) is 7.16. The molecule has 16 heavy (non-hydrogen) atoms. The van der Waals surface area contributed by atoms with Crippen molar-refractivity contribution in [2.45, 2.75) is 45.2 Å². The molecule has 2 atom stereocenters. The molecule has 2 heterocycles. The number of nitrogens with two attached hydrogens (primary N) is 1. The summed E-state index contributed by atoms with van der Waals surface area (Å²) < 4.78 is 0. The van der Waals surface area contributed by atoms with Crippen LogP contribution in [0.2, 0.25) is 0 Å². The molecule has 0 saturated carbocycles. The van der Waals surface area contributed by atoms with Crippen molar-refractivity contribution in [3.8, 4) is 0 Å². The quantitative estimate of drug-likeness (QED) is 0.874. The normalized spacial score (nSPS) is 26.4. The van der Waals surface area contributed by atoms with Gasteiger partial charge >= 0.3 is 0 Å². The molecule has 0 aliphatic carbocycles. The van der Waals surface area contributed by atoms with E-state index < -0.39 is 0 Å². The van der Waals surface area contributed by atoms with E-state index in [0.717, 1.165) is 12.8 Å². The Hall–Kier alpha value is -0.380. The Labute approximate surface area is 102 Å². The van der Waals surface area contributed by atoms with Crippen LogP contribution in [0.15, 0.2) is 12.1 Å². The molecule has 1 aromatic rings. The number of thiophene rings is 1. The summed E-state index contributed by atoms with van der Waals surface area (Å²) in [5.74, 6) is 0. The van der Waals surface area contributed by atoms with Gasteiger partial charge in [-0.3, -0.25) is 4.90 Å². The summed E-state index contributed by atoms with van der Waals surface area (Å²) in [5, 5.41) is 0. The molecule has 1 fully saturated rings. The lowest BCUT2D eigenvalue weighted by Gasteiger charge is -2.25. The van der Waals surface area contributed by atoms with Gasteiger partial charge in [0.1, 0.15) is 0 Å². The molecule has 0 bridgehead atoms. The largest absolute Gasteiger partial charge is 0.326 e. The molecular weight excluding hydrogens is 216 g/mol. The van der Waals surface area contributed by atoms with Crippen molar-refractivity contribution in [1.29, 1.82) is 0 Å². The van der Waals surface area contributed by atoms with E-state index in [1.54, 1.807) is 0 Å². The maximum Gasteiger partial charge on any atom is 0.0594 e. The van der Waals surface area contributed by atoms with E-state index in [4.69, 9.17) is 5.73 Å². The summed E-state index contributed by atoms with van der Waals surface area (Å²) in [6, 6.07) is 5.34. The second kappa shape index (κ2) is 5.30. The maximum absolute atomic E-state index is 6.25. The number of likely N-dealkylation sites (tertiary alicyclic amines) is 1. The maximum atomic E-state index is 6.25. The highest BCUT2D eigenvalue weighted by molar-refractivity contribution is 7.12. The van der Waals surface area contributed by atoms with E-state index in [0.29, 0.717) is 12.1 Å². The second-order valence-corrected chi connectivity index (χ2v) is 5.79. The third-order valence-corrected chi connectivity index (χ3v) is 4.68. The number of rotatable bonds is 4. The van der Waals surface area contributed by atoms with Crippen molar-refractivity contribution < 1.29 is 0 Å². The zero-order valence-electron chi connectivity index (χ0n) is 10.3. The Morgan fingerprint density at radius 1 is 1.44 bits per heavy atom. The standard InChI is InChI=1S/C13H22N2S/c1-3-8-15-9-7-11(14)13(15)12-6-5-10(4-2)16-12/h5-6,11,13H,3-4,7-9,14H2,1-2H3. The predicted molar refractivity (Wildman–Crippen MR) is 70.9 cm³/mol. The van der Waals surface area contributed by atoms with Crippen LogP contribution in [-0.4, -0.2) is 24.0 Å². The fourth-order valence-electron chi connectivity index (χ4n) is 2.56. The Morgan fingerprint density at radius 2 is 2.25 bits per heavy atom. The van der Waals surface area contributed by atoms with Gasteiger partial charge in [-0.25, -0.2) is 0 Å². The van der Waals surface area contributed by atoms with Gasteiger partial charge in [-0.05, 0) is 37.9 Å². The van der Waals surface area contributed by atoms with Gasteiger partial charge in [0, 0.05) is 22.3 Å². The number of nitrogens with zero attached hydrogens (tertiary/aromatic N) is 1. The van der Waals surface area contributed by atoms with E-state index in [1.807, 2.05) is 11.3 Å². The summed E-state index contributed by atoms with van der Waals surface area (Å²) in [4.78, 5) is 5.50. The van der Waals surface area contributed by atoms with Crippen molar-refractivity contribution in [2.24, 2.45) is 5.73 Å². The zero-order valence-corrected chi connectivity index (χ0v) is 11.1. The van der Waals surface area contributed by atoms with Gasteiger partial charge in [0.05, 0.1) is 6.04 Å². The van der Waals surface area contributed by atoms with Crippen molar-refractivity contribution in [3.05, 3.63) is 21.9 Å². The molecular formula is C13H22N2S. The molecule has 0 amide bonds. The van der Waals surface area contributed by atoms with Crippen LogP contribution < -0.4 is 5.73 Å². The van der Waals surface area contributed by atoms with Gasteiger partial charge in [-0.15, -0.1) is 11.3 Å². The van der Waals surface area contributed by atoms with E-state index in [9.17, 15) is 0 Å². The number of hydrogen-bond acceptors (Lipinski definition) is 3. The highest BCUT2D eigenvalue weighted by Gasteiger charge is 2.33. The van der Waals surface area contributed by atoms with Gasteiger partial charge in [0.25, 0.3) is 0 Å². The second-order valence-electron chi connectivity index (χ2n) is 4.59. The van der Waals surface area contributed by atoms with Crippen molar-refractivity contribution in [3.63, 3.8) is 0 Å². The van der Waals surface area contributed by atoms with Crippen LogP contribution in [0.1, 0.15) is 42.5 Å². The van der Waals surface area contributed by atoms with Crippen LogP contribution in [0.3, 0.4) is 0 Å². The Balaban J connectivity index is 2.15. The summed E-state index contributed by atoms with van der Waals surface area (Å²) in [7, 11) is 0. The topological polar surface area (TPSA) is 29.3 Å². The van der Waals surface area contributed by atoms with Crippen LogP contribution in [0.25, 0.3) is 0 Å². The first-order valence-electron chi connectivity index (χ1n) is 6.34. The molecule has 2 rings (SSSR count). The van der Waals surface area contributed by atoms with Crippen LogP contribution in [0, 0.1) is 0 Å². The fraction of sp³-hybridized carbons (Fsp3) is 0.692. The summed E-state index contributed by atoms with van der Waals surface area (Å²) in [6.07, 6.45) is 3.50. The number of hydrogen-bond donors (Lipinski definition) is 1. The SMILES string of the molecule is CCCN1CCC(N)C1c1ccc(CC)s1.